The van der Waals surface area contributed by atoms with Crippen LogP contribution in [0.3, 0.4) is 0 Å². The third-order valence-corrected chi connectivity index (χ3v) is 5.69. The number of rotatable bonds is 9. The minimum absolute atomic E-state index is 0.122. The minimum atomic E-state index is -0.122. The van der Waals surface area contributed by atoms with Gasteiger partial charge in [-0.25, -0.2) is 9.97 Å². The van der Waals surface area contributed by atoms with E-state index in [1.165, 1.54) is 11.9 Å². The molecule has 1 saturated heterocycles. The lowest BCUT2D eigenvalue weighted by Gasteiger charge is -2.19. The molecule has 0 aliphatic carbocycles. The first-order valence-corrected chi connectivity index (χ1v) is 11.1. The van der Waals surface area contributed by atoms with Gasteiger partial charge in [-0.05, 0) is 49.4 Å². The average molecular weight is 443 g/mol. The highest BCUT2D eigenvalue weighted by atomic mass is 32.2. The normalized spacial score (nSPS) is 15.8. The van der Waals surface area contributed by atoms with Crippen molar-refractivity contribution in [2.24, 2.45) is 0 Å². The zero-order valence-electron chi connectivity index (χ0n) is 17.9. The molecule has 1 atom stereocenters. The Hall–Kier alpha value is -2.85. The van der Waals surface area contributed by atoms with E-state index in [-0.39, 0.29) is 6.10 Å². The van der Waals surface area contributed by atoms with Crippen LogP contribution >= 0.6 is 11.9 Å². The molecule has 0 saturated carbocycles. The van der Waals surface area contributed by atoms with Gasteiger partial charge in [-0.1, -0.05) is 6.07 Å². The summed E-state index contributed by atoms with van der Waals surface area (Å²) >= 11 is 1.52. The van der Waals surface area contributed by atoms with Crippen molar-refractivity contribution in [1.82, 2.24) is 24.7 Å². The molecule has 1 fully saturated rings. The highest BCUT2D eigenvalue weighted by molar-refractivity contribution is 8.00. The van der Waals surface area contributed by atoms with Crippen molar-refractivity contribution in [3.8, 4) is 17.2 Å². The first-order chi connectivity index (χ1) is 15.2. The van der Waals surface area contributed by atoms with Gasteiger partial charge < -0.3 is 14.2 Å². The van der Waals surface area contributed by atoms with E-state index < -0.39 is 0 Å². The Morgan fingerprint density at radius 2 is 1.90 bits per heavy atom. The van der Waals surface area contributed by atoms with Crippen LogP contribution in [0.2, 0.25) is 0 Å². The van der Waals surface area contributed by atoms with Crippen molar-refractivity contribution in [3.05, 3.63) is 47.8 Å². The lowest BCUT2D eigenvalue weighted by atomic mass is 10.2. The van der Waals surface area contributed by atoms with Crippen LogP contribution in [0, 0.1) is 6.92 Å². The Labute approximate surface area is 185 Å². The first-order valence-electron chi connectivity index (χ1n) is 10.1. The molecule has 3 heterocycles. The monoisotopic (exact) mass is 442 g/mol. The summed E-state index contributed by atoms with van der Waals surface area (Å²) in [5.74, 6) is 4.23. The highest BCUT2D eigenvalue weighted by Gasteiger charge is 2.29. The van der Waals surface area contributed by atoms with E-state index >= 15 is 0 Å². The molecule has 0 spiro atoms. The maximum absolute atomic E-state index is 5.90. The number of hydrogen-bond acceptors (Lipinski definition) is 9. The number of nitrogens with zero attached hydrogens (tertiary/aromatic N) is 5. The van der Waals surface area contributed by atoms with E-state index in [2.05, 4.69) is 24.9 Å². The van der Waals surface area contributed by atoms with Gasteiger partial charge in [0.2, 0.25) is 5.95 Å². The van der Waals surface area contributed by atoms with Gasteiger partial charge in [0, 0.05) is 31.2 Å². The van der Waals surface area contributed by atoms with Crippen LogP contribution in [0.15, 0.2) is 30.6 Å². The van der Waals surface area contributed by atoms with E-state index in [0.29, 0.717) is 24.1 Å². The molecule has 10 heteroatoms. The molecule has 1 aliphatic heterocycles. The highest BCUT2D eigenvalue weighted by Crippen LogP contribution is 2.39. The summed E-state index contributed by atoms with van der Waals surface area (Å²) < 4.78 is 22.4. The number of anilines is 1. The molecule has 164 valence electrons. The molecule has 1 unspecified atom stereocenters. The van der Waals surface area contributed by atoms with Crippen LogP contribution in [0.4, 0.5) is 5.95 Å². The number of aromatic nitrogens is 5. The van der Waals surface area contributed by atoms with Crippen LogP contribution in [-0.2, 0) is 11.2 Å². The molecule has 1 aliphatic rings. The van der Waals surface area contributed by atoms with Crippen LogP contribution in [-0.4, -0.2) is 51.3 Å². The summed E-state index contributed by atoms with van der Waals surface area (Å²) in [5.41, 5.74) is 1.79. The second-order valence-electron chi connectivity index (χ2n) is 7.11. The Bertz CT molecular complexity index is 983. The van der Waals surface area contributed by atoms with Gasteiger partial charge in [0.1, 0.15) is 29.1 Å². The summed E-state index contributed by atoms with van der Waals surface area (Å²) in [7, 11) is 3.27. The van der Waals surface area contributed by atoms with Crippen LogP contribution in [0.1, 0.15) is 36.2 Å². The van der Waals surface area contributed by atoms with E-state index in [1.807, 2.05) is 42.1 Å². The fourth-order valence-corrected chi connectivity index (χ4v) is 4.08. The molecule has 3 aromatic rings. The van der Waals surface area contributed by atoms with Gasteiger partial charge in [0.05, 0.1) is 14.2 Å². The second kappa shape index (κ2) is 9.97. The maximum atomic E-state index is 5.90. The lowest BCUT2D eigenvalue weighted by Crippen LogP contribution is -2.11. The molecule has 0 amide bonds. The van der Waals surface area contributed by atoms with Crippen molar-refractivity contribution in [1.29, 1.82) is 0 Å². The van der Waals surface area contributed by atoms with Gasteiger partial charge in [-0.2, -0.15) is 0 Å². The van der Waals surface area contributed by atoms with Gasteiger partial charge in [-0.15, -0.1) is 10.2 Å². The zero-order valence-corrected chi connectivity index (χ0v) is 18.7. The number of hydrogen-bond donors (Lipinski definition) is 1. The summed E-state index contributed by atoms with van der Waals surface area (Å²) in [4.78, 5) is 8.71. The van der Waals surface area contributed by atoms with Gasteiger partial charge >= 0.3 is 0 Å². The molecule has 31 heavy (non-hydrogen) atoms. The van der Waals surface area contributed by atoms with Crippen molar-refractivity contribution in [2.45, 2.75) is 32.3 Å². The third-order valence-electron chi connectivity index (χ3n) is 4.96. The van der Waals surface area contributed by atoms with Gasteiger partial charge in [0.15, 0.2) is 5.82 Å². The second-order valence-corrected chi connectivity index (χ2v) is 8.01. The number of benzene rings is 1. The Balaban J connectivity index is 1.59. The van der Waals surface area contributed by atoms with Crippen molar-refractivity contribution in [2.75, 3.05) is 31.3 Å². The Morgan fingerprint density at radius 1 is 1.16 bits per heavy atom. The summed E-state index contributed by atoms with van der Waals surface area (Å²) in [5, 5.41) is 8.85. The fourth-order valence-electron chi connectivity index (χ4n) is 3.43. The van der Waals surface area contributed by atoms with Crippen molar-refractivity contribution >= 4 is 17.9 Å². The van der Waals surface area contributed by atoms with E-state index in [0.717, 1.165) is 47.9 Å². The first kappa shape index (κ1) is 21.4. The largest absolute Gasteiger partial charge is 0.494 e. The molecule has 0 bridgehead atoms. The number of ether oxygens (including phenoxy) is 3. The van der Waals surface area contributed by atoms with E-state index in [9.17, 15) is 0 Å². The molecule has 1 N–H and O–H groups in total. The van der Waals surface area contributed by atoms with Gasteiger partial charge in [0.25, 0.3) is 0 Å². The third kappa shape index (κ3) is 4.75. The number of para-hydroxylation sites is 1. The molecule has 1 aromatic carbocycles. The smallest absolute Gasteiger partial charge is 0.239 e. The topological polar surface area (TPSA) is 96.2 Å². The molecular formula is C21H26N6O3S. The molecular weight excluding hydrogens is 416 g/mol. The Morgan fingerprint density at radius 3 is 2.55 bits per heavy atom. The zero-order chi connectivity index (χ0) is 21.6. The number of nitrogens with one attached hydrogen (secondary N) is 1. The number of methoxy groups -OCH3 is 2. The predicted octanol–water partition coefficient (Wildman–Crippen LogP) is 3.54. The summed E-state index contributed by atoms with van der Waals surface area (Å²) in [6.07, 6.45) is 6.17. The van der Waals surface area contributed by atoms with Crippen LogP contribution in [0.25, 0.3) is 5.69 Å². The standard InChI is InChI=1S/C21H26N6O3S/c1-14-12-22-18(23-13-14)9-11-31-26-21-25-24-20(17-8-5-10-30-17)27(21)19-15(28-2)6-4-7-16(19)29-3/h4,6-7,12-13,17H,5,8-11H2,1-3H3,(H,25,26). The SMILES string of the molecule is COc1cccc(OC)c1-n1c(NSCCc2ncc(C)cn2)nnc1C1CCCO1. The van der Waals surface area contributed by atoms with Crippen LogP contribution in [0.5, 0.6) is 11.5 Å². The quantitative estimate of drug-likeness (QED) is 0.394. The maximum Gasteiger partial charge on any atom is 0.239 e. The molecule has 2 aromatic heterocycles. The minimum Gasteiger partial charge on any atom is -0.494 e. The lowest BCUT2D eigenvalue weighted by molar-refractivity contribution is 0.103. The van der Waals surface area contributed by atoms with E-state index in [4.69, 9.17) is 14.2 Å². The fraction of sp³-hybridized carbons (Fsp3) is 0.429. The number of aryl methyl sites for hydroxylation is 2. The van der Waals surface area contributed by atoms with E-state index in [1.54, 1.807) is 14.2 Å². The van der Waals surface area contributed by atoms with Crippen molar-refractivity contribution < 1.29 is 14.2 Å². The Kier molecular flexibility index (Phi) is 6.88. The summed E-state index contributed by atoms with van der Waals surface area (Å²) in [6.45, 7) is 2.69. The average Bonchev–Trinajstić information content (AvgIpc) is 3.47. The molecule has 0 radical (unpaired) electrons. The predicted molar refractivity (Wildman–Crippen MR) is 119 cm³/mol. The molecule has 4 rings (SSSR count). The van der Waals surface area contributed by atoms with Crippen LogP contribution < -0.4 is 14.2 Å². The van der Waals surface area contributed by atoms with Gasteiger partial charge in [-0.3, -0.25) is 9.29 Å². The summed E-state index contributed by atoms with van der Waals surface area (Å²) in [6, 6.07) is 5.67. The molecule has 9 nitrogen and oxygen atoms in total. The van der Waals surface area contributed by atoms with Crippen molar-refractivity contribution in [3.63, 3.8) is 0 Å².